The number of hydrogen-bond acceptors (Lipinski definition) is 1. The van der Waals surface area contributed by atoms with Gasteiger partial charge in [0.25, 0.3) is 0 Å². The van der Waals surface area contributed by atoms with Crippen LogP contribution in [0.15, 0.2) is 12.7 Å². The van der Waals surface area contributed by atoms with Crippen LogP contribution < -0.4 is 0 Å². The van der Waals surface area contributed by atoms with Crippen molar-refractivity contribution in [2.45, 2.75) is 61.0 Å². The predicted molar refractivity (Wildman–Crippen MR) is 68.8 cm³/mol. The Morgan fingerprint density at radius 3 is 1.03 bits per heavy atom. The molecule has 19 heteroatoms. The molecule has 0 fully saturated rings. The highest BCUT2D eigenvalue weighted by Crippen LogP contribution is 2.64. The lowest BCUT2D eigenvalue weighted by atomic mass is 9.88. The lowest BCUT2D eigenvalue weighted by molar-refractivity contribution is -0.461. The number of hydrogen-bond donors (Lipinski definition) is 1. The summed E-state index contributed by atoms with van der Waals surface area (Å²) in [7, 11) is 0. The summed E-state index contributed by atoms with van der Waals surface area (Å²) in [6.07, 6.45) is -9.35. The van der Waals surface area contributed by atoms with Gasteiger partial charge in [-0.3, -0.25) is 0 Å². The molecule has 0 atom stereocenters. The summed E-state index contributed by atoms with van der Waals surface area (Å²) in [6.45, 7) is 2.90. The minimum absolute atomic E-state index is 0.0628. The van der Waals surface area contributed by atoms with Gasteiger partial charge in [0.05, 0.1) is 0 Å². The third-order valence-corrected chi connectivity index (χ3v) is 3.41. The Bertz CT molecular complexity index is 676. The maximum Gasteiger partial charge on any atom is 0.460 e. The van der Waals surface area contributed by atoms with E-state index in [1.807, 2.05) is 0 Å². The Labute approximate surface area is 165 Å². The van der Waals surface area contributed by atoms with E-state index in [0.717, 1.165) is 6.08 Å². The van der Waals surface area contributed by atoms with Crippen LogP contribution in [0.5, 0.6) is 0 Å². The average molecular weight is 520 g/mol. The molecule has 2 nitrogen and oxygen atoms in total. The van der Waals surface area contributed by atoms with Crippen LogP contribution in [0.2, 0.25) is 0 Å². The van der Waals surface area contributed by atoms with Gasteiger partial charge in [-0.05, 0) is 0 Å². The molecule has 0 aromatic rings. The summed E-state index contributed by atoms with van der Waals surface area (Å²) in [5, 5.41) is 7.60. The molecule has 0 spiro atoms. The third-order valence-electron chi connectivity index (χ3n) is 3.41. The first-order valence-corrected chi connectivity index (χ1v) is 7.15. The molecule has 0 saturated heterocycles. The maximum atomic E-state index is 13.1. The van der Waals surface area contributed by atoms with E-state index in [9.17, 15) is 79.4 Å². The molecule has 32 heavy (non-hydrogen) atoms. The van der Waals surface area contributed by atoms with Crippen molar-refractivity contribution >= 4 is 5.97 Å². The zero-order chi connectivity index (χ0) is 27.0. The summed E-state index contributed by atoms with van der Waals surface area (Å²) in [5.74, 6) is -56.6. The molecule has 0 aromatic heterocycles. The van der Waals surface area contributed by atoms with Crippen molar-refractivity contribution in [3.05, 3.63) is 12.7 Å². The molecule has 0 bridgehead atoms. The van der Waals surface area contributed by atoms with Crippen molar-refractivity contribution in [1.82, 2.24) is 0 Å². The summed E-state index contributed by atoms with van der Waals surface area (Å²) in [5.41, 5.74) is 0. The van der Waals surface area contributed by atoms with Crippen molar-refractivity contribution in [3.8, 4) is 0 Å². The monoisotopic (exact) mass is 520 g/mol. The van der Waals surface area contributed by atoms with Gasteiger partial charge in [0.2, 0.25) is 0 Å². The van der Waals surface area contributed by atoms with Crippen LogP contribution in [-0.4, -0.2) is 58.7 Å². The highest BCUT2D eigenvalue weighted by Gasteiger charge is 2.95. The van der Waals surface area contributed by atoms with Crippen molar-refractivity contribution in [3.63, 3.8) is 0 Å². The van der Waals surface area contributed by atoms with Gasteiger partial charge < -0.3 is 5.11 Å². The first-order valence-electron chi connectivity index (χ1n) is 7.15. The summed E-state index contributed by atoms with van der Waals surface area (Å²) in [6, 6.07) is 0. The first kappa shape index (κ1) is 32.2. The van der Waals surface area contributed by atoms with E-state index >= 15 is 0 Å². The van der Waals surface area contributed by atoms with E-state index in [2.05, 4.69) is 6.58 Å². The molecule has 0 aliphatic heterocycles. The van der Waals surface area contributed by atoms with Gasteiger partial charge in [-0.15, -0.1) is 0 Å². The standard InChI is InChI=1S/C10H5F17.C3H4O2/c1-2-3(11,12)4(13,14)5(15,16)6(17,18)7(19,20)8(21,22)9(23,24)10(25,26)27;1-2-3(4)5/h2H2,1H3;2H,1H2,(H,4,5). The predicted octanol–water partition coefficient (Wildman–Crippen LogP) is 6.66. The van der Waals surface area contributed by atoms with Crippen LogP contribution in [0.1, 0.15) is 13.3 Å². The lowest BCUT2D eigenvalue weighted by Crippen LogP contribution is -2.74. The zero-order valence-electron chi connectivity index (χ0n) is 14.8. The van der Waals surface area contributed by atoms with E-state index in [1.165, 1.54) is 0 Å². The summed E-state index contributed by atoms with van der Waals surface area (Å²) in [4.78, 5) is 9.25. The summed E-state index contributed by atoms with van der Waals surface area (Å²) >= 11 is 0. The molecule has 0 aliphatic carbocycles. The number of alkyl halides is 17. The molecular formula is C13H9F17O2. The van der Waals surface area contributed by atoms with Crippen LogP contribution >= 0.6 is 0 Å². The fourth-order valence-corrected chi connectivity index (χ4v) is 1.42. The van der Waals surface area contributed by atoms with Crippen molar-refractivity contribution in [2.75, 3.05) is 0 Å². The Morgan fingerprint density at radius 1 is 0.625 bits per heavy atom. The van der Waals surface area contributed by atoms with Gasteiger partial charge in [-0.25, -0.2) is 4.79 Å². The number of aliphatic carboxylic acids is 1. The SMILES string of the molecule is C=CC(=O)O.CCC(F)(F)C(F)(F)C(F)(F)C(F)(F)C(F)(F)C(F)(F)C(F)(F)C(F)(F)F. The minimum Gasteiger partial charge on any atom is -0.478 e. The maximum absolute atomic E-state index is 13.1. The smallest absolute Gasteiger partial charge is 0.460 e. The fraction of sp³-hybridized carbons (Fsp3) is 0.769. The van der Waals surface area contributed by atoms with Gasteiger partial charge in [0.1, 0.15) is 0 Å². The molecule has 0 aromatic carbocycles. The van der Waals surface area contributed by atoms with E-state index in [-0.39, 0.29) is 6.92 Å². The molecular weight excluding hydrogens is 511 g/mol. The van der Waals surface area contributed by atoms with Gasteiger partial charge in [-0.2, -0.15) is 74.6 Å². The van der Waals surface area contributed by atoms with Gasteiger partial charge in [0.15, 0.2) is 0 Å². The molecule has 1 N–H and O–H groups in total. The quantitative estimate of drug-likeness (QED) is 0.287. The number of carboxylic acids is 1. The number of halogens is 17. The van der Waals surface area contributed by atoms with Crippen molar-refractivity contribution < 1.29 is 84.5 Å². The second kappa shape index (κ2) is 8.75. The normalized spacial score (nSPS) is 15.1. The second-order valence-corrected chi connectivity index (χ2v) is 5.54. The molecule has 0 amide bonds. The molecule has 0 aliphatic rings. The highest BCUT2D eigenvalue weighted by molar-refractivity contribution is 5.78. The Kier molecular flexibility index (Phi) is 8.81. The molecule has 0 radical (unpaired) electrons. The number of carboxylic acid groups (broad SMARTS) is 1. The van der Waals surface area contributed by atoms with Gasteiger partial charge in [0, 0.05) is 12.5 Å². The first-order chi connectivity index (χ1) is 13.6. The zero-order valence-corrected chi connectivity index (χ0v) is 14.8. The van der Waals surface area contributed by atoms with Gasteiger partial charge in [-0.1, -0.05) is 13.5 Å². The Balaban J connectivity index is 0. The van der Waals surface area contributed by atoms with Crippen LogP contribution in [0.25, 0.3) is 0 Å². The van der Waals surface area contributed by atoms with Crippen LogP contribution in [0, 0.1) is 0 Å². The third kappa shape index (κ3) is 4.69. The number of carbonyl (C=O) groups is 1. The van der Waals surface area contributed by atoms with E-state index in [1.54, 1.807) is 0 Å². The molecule has 0 unspecified atom stereocenters. The van der Waals surface area contributed by atoms with Crippen LogP contribution in [0.4, 0.5) is 74.6 Å². The molecule has 192 valence electrons. The topological polar surface area (TPSA) is 37.3 Å². The van der Waals surface area contributed by atoms with Gasteiger partial charge >= 0.3 is 53.6 Å². The largest absolute Gasteiger partial charge is 0.478 e. The fourth-order valence-electron chi connectivity index (χ4n) is 1.42. The van der Waals surface area contributed by atoms with E-state index in [0.29, 0.717) is 0 Å². The second-order valence-electron chi connectivity index (χ2n) is 5.54. The van der Waals surface area contributed by atoms with E-state index < -0.39 is 60.0 Å². The van der Waals surface area contributed by atoms with Crippen LogP contribution in [0.3, 0.4) is 0 Å². The van der Waals surface area contributed by atoms with E-state index in [4.69, 9.17) is 5.11 Å². The Morgan fingerprint density at radius 2 is 0.844 bits per heavy atom. The van der Waals surface area contributed by atoms with Crippen molar-refractivity contribution in [2.24, 2.45) is 0 Å². The van der Waals surface area contributed by atoms with Crippen molar-refractivity contribution in [1.29, 1.82) is 0 Å². The minimum atomic E-state index is -8.56. The highest BCUT2D eigenvalue weighted by atomic mass is 19.4. The molecule has 0 heterocycles. The lowest BCUT2D eigenvalue weighted by Gasteiger charge is -2.42. The molecule has 0 saturated carbocycles. The number of rotatable bonds is 8. The summed E-state index contributed by atoms with van der Waals surface area (Å²) < 4.78 is 215. The van der Waals surface area contributed by atoms with Crippen LogP contribution in [-0.2, 0) is 4.79 Å². The molecule has 0 rings (SSSR count). The Hall–Kier alpha value is -1.98. The average Bonchev–Trinajstić information content (AvgIpc) is 2.59.